The minimum Gasteiger partial charge on any atom is -0.326 e. The van der Waals surface area contributed by atoms with E-state index in [0.29, 0.717) is 48.8 Å². The lowest BCUT2D eigenvalue weighted by Gasteiger charge is -2.21. The van der Waals surface area contributed by atoms with Crippen LogP contribution in [0.15, 0.2) is 291 Å². The van der Waals surface area contributed by atoms with Crippen LogP contribution in [-0.2, 0) is 38.6 Å². The summed E-state index contributed by atoms with van der Waals surface area (Å²) in [6.07, 6.45) is 13.2. The number of ketones is 3. The number of rotatable bonds is 30. The molecule has 596 valence electrons. The number of hydrogen-bond donors (Lipinski definition) is 3. The van der Waals surface area contributed by atoms with E-state index >= 15 is 0 Å². The molecule has 3 aliphatic carbocycles. The molecule has 0 spiro atoms. The molecule has 3 atom stereocenters. The van der Waals surface area contributed by atoms with Gasteiger partial charge in [0.2, 0.25) is 0 Å². The lowest BCUT2D eigenvalue weighted by atomic mass is 9.85. The maximum Gasteiger partial charge on any atom is 0.185 e. The third-order valence-corrected chi connectivity index (χ3v) is 23.5. The van der Waals surface area contributed by atoms with Crippen LogP contribution in [0.2, 0.25) is 0 Å². The second kappa shape index (κ2) is 37.7. The average Bonchev–Trinajstić information content (AvgIpc) is 1.57. The normalized spacial score (nSPS) is 13.9. The van der Waals surface area contributed by atoms with Gasteiger partial charge in [-0.05, 0) is 269 Å². The molecule has 3 unspecified atom stereocenters. The van der Waals surface area contributed by atoms with Gasteiger partial charge in [-0.15, -0.1) is 12.4 Å². The molecule has 0 aliphatic heterocycles. The summed E-state index contributed by atoms with van der Waals surface area (Å²) in [5, 5.41) is 29.2. The Hall–Kier alpha value is -11.8. The largest absolute Gasteiger partial charge is 0.326 e. The predicted molar refractivity (Wildman–Crippen MR) is 483 cm³/mol. The molecule has 18 rings (SSSR count). The molecular formula is C105H106ClN9O3. The van der Waals surface area contributed by atoms with E-state index in [0.717, 1.165) is 107 Å². The van der Waals surface area contributed by atoms with Gasteiger partial charge >= 0.3 is 0 Å². The zero-order valence-electron chi connectivity index (χ0n) is 68.4. The van der Waals surface area contributed by atoms with Crippen LogP contribution < -0.4 is 16.4 Å². The van der Waals surface area contributed by atoms with E-state index in [1.807, 2.05) is 98.2 Å². The number of carbonyl (C=O) groups is 3. The molecule has 118 heavy (non-hydrogen) atoms. The zero-order chi connectivity index (χ0) is 80.3. The van der Waals surface area contributed by atoms with Gasteiger partial charge in [-0.2, -0.15) is 15.3 Å². The van der Waals surface area contributed by atoms with Crippen LogP contribution in [0.5, 0.6) is 0 Å². The number of nitrogens with one attached hydrogen (secondary N) is 2. The molecule has 4 N–H and O–H groups in total. The third kappa shape index (κ3) is 20.2. The van der Waals surface area contributed by atoms with Gasteiger partial charge in [0.05, 0.1) is 46.2 Å². The number of nitrogens with zero attached hydrogens (tertiary/aromatic N) is 6. The van der Waals surface area contributed by atoms with Gasteiger partial charge in [0.1, 0.15) is 17.1 Å². The van der Waals surface area contributed by atoms with E-state index in [2.05, 4.69) is 258 Å². The number of aryl methyl sites for hydroxylation is 5. The van der Waals surface area contributed by atoms with E-state index in [1.165, 1.54) is 122 Å². The Morgan fingerprint density at radius 1 is 0.347 bits per heavy atom. The molecule has 3 fully saturated rings. The van der Waals surface area contributed by atoms with Crippen molar-refractivity contribution >= 4 is 62.1 Å². The first-order valence-corrected chi connectivity index (χ1v) is 42.2. The van der Waals surface area contributed by atoms with Crippen LogP contribution in [0.4, 0.5) is 0 Å². The molecule has 15 aromatic rings. The number of carbonyl (C=O) groups excluding carboxylic acids is 3. The highest BCUT2D eigenvalue weighted by molar-refractivity contribution is 5.98. The first-order valence-electron chi connectivity index (χ1n) is 42.2. The summed E-state index contributed by atoms with van der Waals surface area (Å²) in [6, 6.07) is 102. The van der Waals surface area contributed by atoms with Crippen molar-refractivity contribution in [2.75, 3.05) is 13.1 Å². The minimum atomic E-state index is 0. The molecule has 3 aliphatic rings. The van der Waals surface area contributed by atoms with Crippen molar-refractivity contribution in [1.82, 2.24) is 40.0 Å². The summed E-state index contributed by atoms with van der Waals surface area (Å²) < 4.78 is 5.36. The SMILES string of the molecule is CCc1cccc(-n2nc(C)cc2C(=O)Cc2cccc(C(CCC3CC3)c3ccc4ccccc4c3)c2)c1.CCc1cccc(-n2nc(C)cc2C(=O)Cc2cccc(C(NCC3CC3)c3ccc4ccccc4c3)c2)c1.Cc1cc(C(=O)Cc2cccc(C(NCC3CC3)c3ccc4ccccc4c3)c2)n(-c2cccc(CN)c2)n1.Cl. The molecule has 0 radical (unpaired) electrons. The van der Waals surface area contributed by atoms with Gasteiger partial charge in [-0.25, -0.2) is 14.0 Å². The number of benzene rings is 12. The summed E-state index contributed by atoms with van der Waals surface area (Å²) >= 11 is 0. The molecule has 0 bridgehead atoms. The molecule has 0 amide bonds. The van der Waals surface area contributed by atoms with Crippen molar-refractivity contribution in [2.45, 2.75) is 143 Å². The Morgan fingerprint density at radius 3 is 1.04 bits per heavy atom. The van der Waals surface area contributed by atoms with Gasteiger partial charge < -0.3 is 16.4 Å². The van der Waals surface area contributed by atoms with Crippen LogP contribution in [0.3, 0.4) is 0 Å². The van der Waals surface area contributed by atoms with Crippen molar-refractivity contribution in [3.8, 4) is 17.1 Å². The van der Waals surface area contributed by atoms with Crippen LogP contribution in [0, 0.1) is 38.5 Å². The Morgan fingerprint density at radius 2 is 0.661 bits per heavy atom. The lowest BCUT2D eigenvalue weighted by Crippen LogP contribution is -2.24. The third-order valence-electron chi connectivity index (χ3n) is 23.5. The fourth-order valence-electron chi connectivity index (χ4n) is 16.4. The number of aromatic nitrogens is 6. The van der Waals surface area contributed by atoms with Crippen molar-refractivity contribution in [2.24, 2.45) is 23.5 Å². The molecular weight excluding hydrogens is 1470 g/mol. The zero-order valence-corrected chi connectivity index (χ0v) is 69.2. The van der Waals surface area contributed by atoms with Crippen LogP contribution in [-0.4, -0.2) is 59.8 Å². The van der Waals surface area contributed by atoms with Crippen molar-refractivity contribution in [1.29, 1.82) is 0 Å². The smallest absolute Gasteiger partial charge is 0.185 e. The van der Waals surface area contributed by atoms with Gasteiger partial charge in [-0.3, -0.25) is 14.4 Å². The summed E-state index contributed by atoms with van der Waals surface area (Å²) in [5.41, 5.74) is 27.0. The van der Waals surface area contributed by atoms with E-state index in [4.69, 9.17) is 5.73 Å². The van der Waals surface area contributed by atoms with Crippen LogP contribution in [0.1, 0.15) is 199 Å². The van der Waals surface area contributed by atoms with E-state index < -0.39 is 0 Å². The van der Waals surface area contributed by atoms with Crippen LogP contribution in [0.25, 0.3) is 49.4 Å². The number of halogens is 1. The Bertz CT molecular complexity index is 5470. The second-order valence-corrected chi connectivity index (χ2v) is 32.7. The standard InChI is InChI=1S/C36H36N2O.C35H35N3O.C34H34N4O.ClH/c1-3-26-8-7-13-33(22-26)38-35(20-25(2)37-38)36(39)23-28-9-6-12-31(21-28)34(19-16-27-14-15-27)32-18-17-29-10-4-5-11-30(29)24-32;1-3-25-8-7-13-32(20-25)38-33(18-24(2)37-38)34(39)21-27-9-6-12-30(19-27)35(36-23-26-14-15-26)31-17-16-28-10-4-5-11-29(28)22-31;1-23-16-32(38(37-23)31-11-5-7-26(18-31)21-35)33(39)19-25-6-4-10-29(17-25)34(36-22-24-12-13-24)30-15-14-27-8-2-3-9-28(27)20-30;/h4-13,17-18,20-22,24,27,34H,3,14-16,19,23H2,1-2H3;4-13,16-20,22,26,35-36H,3,14-15,21,23H2,1-2H3;2-11,14-18,20,24,34,36H,12-13,19,21-22,35H2,1H3;1H. The molecule has 3 saturated carbocycles. The molecule has 12 nitrogen and oxygen atoms in total. The van der Waals surface area contributed by atoms with Gasteiger partial charge in [0, 0.05) is 31.7 Å². The topological polar surface area (TPSA) is 155 Å². The van der Waals surface area contributed by atoms with Gasteiger partial charge in [0.15, 0.2) is 17.3 Å². The number of hydrogen-bond acceptors (Lipinski definition) is 9. The maximum absolute atomic E-state index is 13.6. The highest BCUT2D eigenvalue weighted by Crippen LogP contribution is 2.41. The molecule has 13 heteroatoms. The number of fused-ring (bicyclic) bond motifs is 3. The fraction of sp³-hybridized carbons (Fsp3) is 0.257. The van der Waals surface area contributed by atoms with Crippen molar-refractivity contribution in [3.63, 3.8) is 0 Å². The highest BCUT2D eigenvalue weighted by atomic mass is 35.5. The first kappa shape index (κ1) is 81.4. The quantitative estimate of drug-likeness (QED) is 0.0373. The Labute approximate surface area is 700 Å². The number of nitrogens with two attached hydrogens (primary N) is 1. The summed E-state index contributed by atoms with van der Waals surface area (Å²) in [6.45, 7) is 12.5. The fourth-order valence-corrected chi connectivity index (χ4v) is 16.4. The Balaban J connectivity index is 0.000000138. The average molecular weight is 1580 g/mol. The molecule has 3 heterocycles. The molecule has 0 saturated heterocycles. The summed E-state index contributed by atoms with van der Waals surface area (Å²) in [4.78, 5) is 40.9. The lowest BCUT2D eigenvalue weighted by molar-refractivity contribution is 0.0977. The van der Waals surface area contributed by atoms with Crippen LogP contribution >= 0.6 is 12.4 Å². The summed E-state index contributed by atoms with van der Waals surface area (Å²) in [7, 11) is 0. The van der Waals surface area contributed by atoms with Crippen molar-refractivity contribution < 1.29 is 14.4 Å². The maximum atomic E-state index is 13.6. The van der Waals surface area contributed by atoms with E-state index in [1.54, 1.807) is 9.36 Å². The second-order valence-electron chi connectivity index (χ2n) is 32.7. The minimum absolute atomic E-state index is 0. The predicted octanol–water partition coefficient (Wildman–Crippen LogP) is 22.8. The van der Waals surface area contributed by atoms with Gasteiger partial charge in [-0.1, -0.05) is 251 Å². The number of Topliss-reactive ketones (excluding diaryl/α,β-unsaturated/α-hetero) is 3. The van der Waals surface area contributed by atoms with E-state index in [-0.39, 0.29) is 41.8 Å². The highest BCUT2D eigenvalue weighted by Gasteiger charge is 2.29. The molecule has 12 aromatic carbocycles. The van der Waals surface area contributed by atoms with Crippen molar-refractivity contribution in [3.05, 3.63) is 392 Å². The molecule has 3 aromatic heterocycles. The first-order chi connectivity index (χ1) is 57.2. The Kier molecular flexibility index (Phi) is 26.0. The monoisotopic (exact) mass is 1580 g/mol. The van der Waals surface area contributed by atoms with Gasteiger partial charge in [0.25, 0.3) is 0 Å². The van der Waals surface area contributed by atoms with E-state index in [9.17, 15) is 14.4 Å². The summed E-state index contributed by atoms with van der Waals surface area (Å²) in [5.74, 6) is 2.95.